The first-order valence-corrected chi connectivity index (χ1v) is 7.06. The summed E-state index contributed by atoms with van der Waals surface area (Å²) in [5.74, 6) is -0.188. The second-order valence-electron chi connectivity index (χ2n) is 5.14. The van der Waals surface area contributed by atoms with E-state index >= 15 is 0 Å². The molecule has 1 atom stereocenters. The molecule has 1 aromatic rings. The number of hydrogen-bond donors (Lipinski definition) is 1. The van der Waals surface area contributed by atoms with Crippen LogP contribution in [0.1, 0.15) is 18.4 Å². The quantitative estimate of drug-likeness (QED) is 0.837. The second-order valence-corrected chi connectivity index (χ2v) is 5.14. The SMILES string of the molecule is C=CCN(Cc1ccccc1F)C(=O)C1CCCNC1. The molecule has 20 heavy (non-hydrogen) atoms. The molecule has 1 aliphatic heterocycles. The molecule has 0 spiro atoms. The third-order valence-electron chi connectivity index (χ3n) is 3.63. The van der Waals surface area contributed by atoms with Crippen LogP contribution in [-0.4, -0.2) is 30.4 Å². The third-order valence-corrected chi connectivity index (χ3v) is 3.63. The summed E-state index contributed by atoms with van der Waals surface area (Å²) in [5.41, 5.74) is 0.548. The van der Waals surface area contributed by atoms with Crippen molar-refractivity contribution in [2.24, 2.45) is 5.92 Å². The molecule has 0 aromatic heterocycles. The predicted octanol–water partition coefficient (Wildman–Crippen LogP) is 2.34. The van der Waals surface area contributed by atoms with Crippen molar-refractivity contribution in [2.45, 2.75) is 19.4 Å². The topological polar surface area (TPSA) is 32.3 Å². The Bertz CT molecular complexity index is 469. The summed E-state index contributed by atoms with van der Waals surface area (Å²) < 4.78 is 13.7. The third kappa shape index (κ3) is 3.67. The van der Waals surface area contributed by atoms with Crippen LogP contribution in [0.2, 0.25) is 0 Å². The van der Waals surface area contributed by atoms with Crippen LogP contribution in [0.25, 0.3) is 0 Å². The fourth-order valence-corrected chi connectivity index (χ4v) is 2.54. The molecule has 0 aliphatic carbocycles. The first-order chi connectivity index (χ1) is 9.72. The second kappa shape index (κ2) is 7.20. The van der Waals surface area contributed by atoms with Crippen molar-refractivity contribution in [3.63, 3.8) is 0 Å². The molecule has 1 fully saturated rings. The van der Waals surface area contributed by atoms with Crippen LogP contribution < -0.4 is 5.32 Å². The maximum atomic E-state index is 13.7. The lowest BCUT2D eigenvalue weighted by Crippen LogP contribution is -2.42. The Morgan fingerprint density at radius 1 is 1.50 bits per heavy atom. The number of nitrogens with one attached hydrogen (secondary N) is 1. The van der Waals surface area contributed by atoms with Gasteiger partial charge in [-0.25, -0.2) is 4.39 Å². The molecule has 1 aliphatic rings. The van der Waals surface area contributed by atoms with E-state index in [0.29, 0.717) is 25.2 Å². The van der Waals surface area contributed by atoms with Gasteiger partial charge in [-0.3, -0.25) is 4.79 Å². The standard InChI is InChI=1S/C16H21FN2O/c1-2-10-19(12-14-6-3-4-8-15(14)17)16(20)13-7-5-9-18-11-13/h2-4,6,8,13,18H,1,5,7,9-12H2. The lowest BCUT2D eigenvalue weighted by atomic mass is 9.98. The Hall–Kier alpha value is -1.68. The number of piperidine rings is 1. The highest BCUT2D eigenvalue weighted by molar-refractivity contribution is 5.79. The van der Waals surface area contributed by atoms with Crippen LogP contribution >= 0.6 is 0 Å². The number of rotatable bonds is 5. The Labute approximate surface area is 119 Å². The summed E-state index contributed by atoms with van der Waals surface area (Å²) >= 11 is 0. The zero-order valence-corrected chi connectivity index (χ0v) is 11.6. The molecule has 2 rings (SSSR count). The summed E-state index contributed by atoms with van der Waals surface area (Å²) in [7, 11) is 0. The average Bonchev–Trinajstić information content (AvgIpc) is 2.49. The van der Waals surface area contributed by atoms with Gasteiger partial charge in [-0.05, 0) is 25.5 Å². The normalized spacial score (nSPS) is 18.6. The molecule has 1 saturated heterocycles. The molecule has 1 aromatic carbocycles. The molecule has 0 radical (unpaired) electrons. The largest absolute Gasteiger partial charge is 0.334 e. The Morgan fingerprint density at radius 2 is 2.30 bits per heavy atom. The molecule has 1 unspecified atom stereocenters. The highest BCUT2D eigenvalue weighted by Crippen LogP contribution is 2.17. The number of nitrogens with zero attached hydrogens (tertiary/aromatic N) is 1. The molecular weight excluding hydrogens is 255 g/mol. The summed E-state index contributed by atoms with van der Waals surface area (Å²) in [4.78, 5) is 14.2. The van der Waals surface area contributed by atoms with E-state index in [1.807, 2.05) is 0 Å². The van der Waals surface area contributed by atoms with Crippen LogP contribution in [0.15, 0.2) is 36.9 Å². The highest BCUT2D eigenvalue weighted by Gasteiger charge is 2.25. The van der Waals surface area contributed by atoms with Gasteiger partial charge in [-0.1, -0.05) is 24.3 Å². The minimum atomic E-state index is -0.267. The van der Waals surface area contributed by atoms with Crippen molar-refractivity contribution in [2.75, 3.05) is 19.6 Å². The van der Waals surface area contributed by atoms with Gasteiger partial charge < -0.3 is 10.2 Å². The molecule has 1 amide bonds. The fourth-order valence-electron chi connectivity index (χ4n) is 2.54. The van der Waals surface area contributed by atoms with Gasteiger partial charge in [0.2, 0.25) is 5.91 Å². The van der Waals surface area contributed by atoms with Gasteiger partial charge in [0.05, 0.1) is 5.92 Å². The number of benzene rings is 1. The van der Waals surface area contributed by atoms with Crippen LogP contribution in [0.5, 0.6) is 0 Å². The number of carbonyl (C=O) groups is 1. The smallest absolute Gasteiger partial charge is 0.227 e. The summed E-state index contributed by atoms with van der Waals surface area (Å²) in [5, 5.41) is 3.24. The Morgan fingerprint density at radius 3 is 2.95 bits per heavy atom. The van der Waals surface area contributed by atoms with Gasteiger partial charge in [-0.15, -0.1) is 6.58 Å². The molecule has 108 valence electrons. The molecule has 3 nitrogen and oxygen atoms in total. The van der Waals surface area contributed by atoms with E-state index in [1.165, 1.54) is 6.07 Å². The van der Waals surface area contributed by atoms with Crippen molar-refractivity contribution in [1.82, 2.24) is 10.2 Å². The van der Waals surface area contributed by atoms with E-state index in [2.05, 4.69) is 11.9 Å². The van der Waals surface area contributed by atoms with Crippen LogP contribution in [0, 0.1) is 11.7 Å². The monoisotopic (exact) mass is 276 g/mol. The van der Waals surface area contributed by atoms with E-state index in [4.69, 9.17) is 0 Å². The minimum Gasteiger partial charge on any atom is -0.334 e. The molecule has 0 bridgehead atoms. The number of halogens is 1. The number of hydrogen-bond acceptors (Lipinski definition) is 2. The fraction of sp³-hybridized carbons (Fsp3) is 0.438. The molecule has 0 saturated carbocycles. The van der Waals surface area contributed by atoms with Crippen molar-refractivity contribution in [1.29, 1.82) is 0 Å². The Balaban J connectivity index is 2.08. The van der Waals surface area contributed by atoms with Gasteiger partial charge >= 0.3 is 0 Å². The highest BCUT2D eigenvalue weighted by atomic mass is 19.1. The number of amides is 1. The van der Waals surface area contributed by atoms with E-state index in [1.54, 1.807) is 29.2 Å². The molecule has 1 N–H and O–H groups in total. The summed E-state index contributed by atoms with van der Waals surface area (Å²) in [6, 6.07) is 6.59. The van der Waals surface area contributed by atoms with E-state index < -0.39 is 0 Å². The summed E-state index contributed by atoms with van der Waals surface area (Å²) in [6.45, 7) is 6.12. The molecule has 1 heterocycles. The van der Waals surface area contributed by atoms with Gasteiger partial charge in [0.1, 0.15) is 5.82 Å². The molecule has 4 heteroatoms. The van der Waals surface area contributed by atoms with Gasteiger partial charge in [-0.2, -0.15) is 0 Å². The molecular formula is C16H21FN2O. The van der Waals surface area contributed by atoms with Crippen molar-refractivity contribution in [3.8, 4) is 0 Å². The zero-order chi connectivity index (χ0) is 14.4. The lowest BCUT2D eigenvalue weighted by molar-refractivity contribution is -0.136. The van der Waals surface area contributed by atoms with Crippen LogP contribution in [-0.2, 0) is 11.3 Å². The van der Waals surface area contributed by atoms with E-state index in [9.17, 15) is 9.18 Å². The van der Waals surface area contributed by atoms with Crippen molar-refractivity contribution in [3.05, 3.63) is 48.3 Å². The Kier molecular flexibility index (Phi) is 5.30. The van der Waals surface area contributed by atoms with Crippen molar-refractivity contribution < 1.29 is 9.18 Å². The zero-order valence-electron chi connectivity index (χ0n) is 11.6. The predicted molar refractivity (Wildman–Crippen MR) is 77.6 cm³/mol. The van der Waals surface area contributed by atoms with E-state index in [0.717, 1.165) is 19.4 Å². The first kappa shape index (κ1) is 14.7. The van der Waals surface area contributed by atoms with Crippen molar-refractivity contribution >= 4 is 5.91 Å². The van der Waals surface area contributed by atoms with Crippen LogP contribution in [0.4, 0.5) is 4.39 Å². The van der Waals surface area contributed by atoms with E-state index in [-0.39, 0.29) is 17.6 Å². The minimum absolute atomic E-state index is 0.00419. The van der Waals surface area contributed by atoms with Gasteiger partial charge in [0.15, 0.2) is 0 Å². The lowest BCUT2D eigenvalue weighted by Gasteiger charge is -2.29. The number of carbonyl (C=O) groups excluding carboxylic acids is 1. The summed E-state index contributed by atoms with van der Waals surface area (Å²) in [6.07, 6.45) is 3.60. The van der Waals surface area contributed by atoms with Crippen LogP contribution in [0.3, 0.4) is 0 Å². The van der Waals surface area contributed by atoms with Gasteiger partial charge in [0.25, 0.3) is 0 Å². The maximum absolute atomic E-state index is 13.7. The maximum Gasteiger partial charge on any atom is 0.227 e. The van der Waals surface area contributed by atoms with Gasteiger partial charge in [0, 0.05) is 25.2 Å². The first-order valence-electron chi connectivity index (χ1n) is 7.06. The average molecular weight is 276 g/mol.